The van der Waals surface area contributed by atoms with E-state index in [0.29, 0.717) is 12.5 Å². The minimum atomic E-state index is 0.650. The van der Waals surface area contributed by atoms with Crippen molar-refractivity contribution in [3.05, 3.63) is 36.2 Å². The van der Waals surface area contributed by atoms with Gasteiger partial charge in [-0.1, -0.05) is 46.0 Å². The molecule has 2 heterocycles. The summed E-state index contributed by atoms with van der Waals surface area (Å²) in [5.41, 5.74) is 2.88. The zero-order valence-corrected chi connectivity index (χ0v) is 18.2. The molecular formula is C24H37N3O2. The number of ether oxygens (including phenoxy) is 2. The third-order valence-electron chi connectivity index (χ3n) is 4.86. The molecule has 2 aromatic heterocycles. The molecule has 0 fully saturated rings. The number of rotatable bonds is 16. The molecule has 0 saturated heterocycles. The van der Waals surface area contributed by atoms with Crippen LogP contribution < -0.4 is 4.74 Å². The van der Waals surface area contributed by atoms with Gasteiger partial charge in [0, 0.05) is 31.0 Å². The molecule has 0 aliphatic carbocycles. The summed E-state index contributed by atoms with van der Waals surface area (Å²) in [6.07, 6.45) is 13.5. The van der Waals surface area contributed by atoms with Crippen molar-refractivity contribution in [1.29, 1.82) is 0 Å². The number of aryl methyl sites for hydroxylation is 1. The van der Waals surface area contributed by atoms with Crippen LogP contribution in [0.5, 0.6) is 5.88 Å². The van der Waals surface area contributed by atoms with Crippen LogP contribution in [0.3, 0.4) is 0 Å². The summed E-state index contributed by atoms with van der Waals surface area (Å²) < 4.78 is 11.3. The molecule has 160 valence electrons. The lowest BCUT2D eigenvalue weighted by atomic mass is 10.1. The first-order valence-corrected chi connectivity index (χ1v) is 11.3. The van der Waals surface area contributed by atoms with E-state index in [1.807, 2.05) is 18.2 Å². The van der Waals surface area contributed by atoms with Crippen LogP contribution in [0.1, 0.15) is 77.3 Å². The molecule has 0 N–H and O–H groups in total. The van der Waals surface area contributed by atoms with Crippen LogP contribution in [-0.2, 0) is 11.2 Å². The molecule has 0 bridgehead atoms. The lowest BCUT2D eigenvalue weighted by molar-refractivity contribution is 0.123. The molecule has 0 unspecified atom stereocenters. The van der Waals surface area contributed by atoms with E-state index in [-0.39, 0.29) is 0 Å². The maximum atomic E-state index is 5.71. The van der Waals surface area contributed by atoms with Crippen molar-refractivity contribution >= 4 is 0 Å². The van der Waals surface area contributed by atoms with Gasteiger partial charge in [0.15, 0.2) is 0 Å². The minimum Gasteiger partial charge on any atom is -0.478 e. The molecule has 29 heavy (non-hydrogen) atoms. The largest absolute Gasteiger partial charge is 0.478 e. The van der Waals surface area contributed by atoms with E-state index in [0.717, 1.165) is 55.8 Å². The summed E-state index contributed by atoms with van der Waals surface area (Å²) in [6.45, 7) is 6.75. The quantitative estimate of drug-likeness (QED) is 0.323. The number of hydrogen-bond donors (Lipinski definition) is 0. The Labute approximate surface area is 176 Å². The number of pyridine rings is 1. The first-order valence-electron chi connectivity index (χ1n) is 11.3. The highest BCUT2D eigenvalue weighted by Crippen LogP contribution is 2.18. The third-order valence-corrected chi connectivity index (χ3v) is 4.86. The lowest BCUT2D eigenvalue weighted by Gasteiger charge is -2.07. The van der Waals surface area contributed by atoms with Crippen molar-refractivity contribution in [2.75, 3.05) is 19.8 Å². The highest BCUT2D eigenvalue weighted by molar-refractivity contribution is 5.57. The zero-order valence-electron chi connectivity index (χ0n) is 18.2. The molecule has 2 aromatic rings. The average Bonchev–Trinajstić information content (AvgIpc) is 2.76. The molecule has 0 radical (unpaired) electrons. The van der Waals surface area contributed by atoms with Gasteiger partial charge in [-0.3, -0.25) is 0 Å². The topological polar surface area (TPSA) is 57.1 Å². The van der Waals surface area contributed by atoms with Crippen LogP contribution in [0, 0.1) is 0 Å². The molecular weight excluding hydrogens is 362 g/mol. The average molecular weight is 400 g/mol. The van der Waals surface area contributed by atoms with Crippen LogP contribution in [0.15, 0.2) is 30.5 Å². The normalized spacial score (nSPS) is 11.0. The first-order chi connectivity index (χ1) is 14.3. The molecule has 0 aliphatic heterocycles. The summed E-state index contributed by atoms with van der Waals surface area (Å²) in [6, 6.07) is 8.00. The maximum Gasteiger partial charge on any atom is 0.213 e. The Kier molecular flexibility index (Phi) is 12.0. The van der Waals surface area contributed by atoms with E-state index >= 15 is 0 Å². The van der Waals surface area contributed by atoms with Crippen molar-refractivity contribution in [3.8, 4) is 17.1 Å². The van der Waals surface area contributed by atoms with Gasteiger partial charge in [-0.25, -0.2) is 4.98 Å². The summed E-state index contributed by atoms with van der Waals surface area (Å²) in [5.74, 6) is 0.650. The Morgan fingerprint density at radius 3 is 2.24 bits per heavy atom. The monoisotopic (exact) mass is 399 g/mol. The molecule has 0 spiro atoms. The Balaban J connectivity index is 1.67. The Bertz CT molecular complexity index is 644. The van der Waals surface area contributed by atoms with Gasteiger partial charge in [-0.05, 0) is 50.3 Å². The van der Waals surface area contributed by atoms with Gasteiger partial charge in [0.1, 0.15) is 0 Å². The van der Waals surface area contributed by atoms with Gasteiger partial charge in [-0.2, -0.15) is 10.2 Å². The van der Waals surface area contributed by atoms with Crippen molar-refractivity contribution in [3.63, 3.8) is 0 Å². The predicted octanol–water partition coefficient (Wildman–Crippen LogP) is 6.03. The summed E-state index contributed by atoms with van der Waals surface area (Å²) in [4.78, 5) is 4.39. The van der Waals surface area contributed by atoms with Gasteiger partial charge in [0.2, 0.25) is 5.88 Å². The fourth-order valence-corrected chi connectivity index (χ4v) is 3.01. The zero-order chi connectivity index (χ0) is 20.6. The Morgan fingerprint density at radius 1 is 0.724 bits per heavy atom. The molecule has 0 amide bonds. The molecule has 5 heteroatoms. The van der Waals surface area contributed by atoms with Crippen LogP contribution in [-0.4, -0.2) is 35.0 Å². The van der Waals surface area contributed by atoms with Crippen LogP contribution in [0.2, 0.25) is 0 Å². The second-order valence-corrected chi connectivity index (χ2v) is 7.48. The highest BCUT2D eigenvalue weighted by atomic mass is 16.5. The first kappa shape index (κ1) is 23.3. The van der Waals surface area contributed by atoms with Crippen molar-refractivity contribution in [2.45, 2.75) is 78.1 Å². The van der Waals surface area contributed by atoms with Gasteiger partial charge in [-0.15, -0.1) is 0 Å². The Morgan fingerprint density at radius 2 is 1.52 bits per heavy atom. The fraction of sp³-hybridized carbons (Fsp3) is 0.625. The van der Waals surface area contributed by atoms with Gasteiger partial charge >= 0.3 is 0 Å². The van der Waals surface area contributed by atoms with E-state index in [1.165, 1.54) is 38.5 Å². The summed E-state index contributed by atoms with van der Waals surface area (Å²) in [5, 5.41) is 8.74. The molecule has 0 atom stereocenters. The van der Waals surface area contributed by atoms with E-state index in [4.69, 9.17) is 9.47 Å². The molecule has 0 aliphatic rings. The number of unbranched alkanes of at least 4 members (excludes halogenated alkanes) is 6. The van der Waals surface area contributed by atoms with Crippen LogP contribution in [0.4, 0.5) is 0 Å². The van der Waals surface area contributed by atoms with Crippen LogP contribution in [0.25, 0.3) is 11.3 Å². The second kappa shape index (κ2) is 14.9. The molecule has 0 saturated carbocycles. The van der Waals surface area contributed by atoms with Gasteiger partial charge < -0.3 is 9.47 Å². The standard InChI is InChI=1S/C24H37N3O2/c1-3-5-7-8-9-12-22-14-15-23(27-26-22)21-13-16-24(25-20-21)29-19-11-10-18-28-17-6-4-2/h13-16,20H,3-12,17-19H2,1-2H3. The van der Waals surface area contributed by atoms with Crippen molar-refractivity contribution < 1.29 is 9.47 Å². The molecule has 0 aromatic carbocycles. The van der Waals surface area contributed by atoms with Gasteiger partial charge in [0.25, 0.3) is 0 Å². The fourth-order valence-electron chi connectivity index (χ4n) is 3.01. The van der Waals surface area contributed by atoms with Gasteiger partial charge in [0.05, 0.1) is 18.0 Å². The van der Waals surface area contributed by atoms with E-state index < -0.39 is 0 Å². The summed E-state index contributed by atoms with van der Waals surface area (Å²) >= 11 is 0. The number of aromatic nitrogens is 3. The SMILES string of the molecule is CCCCCCCc1ccc(-c2ccc(OCCCCOCCCC)nc2)nn1. The Hall–Kier alpha value is -2.01. The highest BCUT2D eigenvalue weighted by Gasteiger charge is 2.04. The van der Waals surface area contributed by atoms with E-state index in [1.54, 1.807) is 6.20 Å². The second-order valence-electron chi connectivity index (χ2n) is 7.48. The minimum absolute atomic E-state index is 0.650. The van der Waals surface area contributed by atoms with Crippen molar-refractivity contribution in [1.82, 2.24) is 15.2 Å². The maximum absolute atomic E-state index is 5.71. The third kappa shape index (κ3) is 9.84. The van der Waals surface area contributed by atoms with Crippen LogP contribution >= 0.6 is 0 Å². The summed E-state index contributed by atoms with van der Waals surface area (Å²) in [7, 11) is 0. The number of hydrogen-bond acceptors (Lipinski definition) is 5. The smallest absolute Gasteiger partial charge is 0.213 e. The number of nitrogens with zero attached hydrogens (tertiary/aromatic N) is 3. The molecule has 2 rings (SSSR count). The van der Waals surface area contributed by atoms with E-state index in [9.17, 15) is 0 Å². The predicted molar refractivity (Wildman–Crippen MR) is 118 cm³/mol. The molecule has 5 nitrogen and oxygen atoms in total. The van der Waals surface area contributed by atoms with E-state index in [2.05, 4.69) is 35.1 Å². The lowest BCUT2D eigenvalue weighted by Crippen LogP contribution is -2.02. The van der Waals surface area contributed by atoms with Crippen molar-refractivity contribution in [2.24, 2.45) is 0 Å².